The second-order valence-corrected chi connectivity index (χ2v) is 7.92. The molecule has 0 saturated carbocycles. The average Bonchev–Trinajstić information content (AvgIpc) is 2.73. The summed E-state index contributed by atoms with van der Waals surface area (Å²) >= 11 is -1.94. The number of rotatable bonds is 5. The van der Waals surface area contributed by atoms with Gasteiger partial charge in [0, 0.05) is 34.2 Å². The largest absolute Gasteiger partial charge is 0.456 e. The predicted molar refractivity (Wildman–Crippen MR) is 113 cm³/mol. The number of aldehydes is 1. The van der Waals surface area contributed by atoms with Gasteiger partial charge in [-0.1, -0.05) is 30.3 Å². The Kier molecular flexibility index (Phi) is 5.57. The number of pyridine rings is 1. The highest BCUT2D eigenvalue weighted by molar-refractivity contribution is 7.78. The molecule has 0 fully saturated rings. The Bertz CT molecular complexity index is 1160. The number of benzene rings is 2. The second-order valence-electron chi connectivity index (χ2n) is 6.99. The molecule has 0 radical (unpaired) electrons. The molecule has 0 bridgehead atoms. The van der Waals surface area contributed by atoms with Gasteiger partial charge in [0.25, 0.3) is 0 Å². The van der Waals surface area contributed by atoms with Crippen LogP contribution in [0, 0.1) is 12.7 Å². The van der Waals surface area contributed by atoms with E-state index < -0.39 is 22.8 Å². The Morgan fingerprint density at radius 1 is 1.13 bits per heavy atom. The highest BCUT2D eigenvalue weighted by Gasteiger charge is 2.32. The topological polar surface area (TPSA) is 76.5 Å². The molecule has 5 nitrogen and oxygen atoms in total. The fraction of sp³-hybridized carbons (Fsp3) is 0.130. The molecule has 1 aromatic heterocycles. The van der Waals surface area contributed by atoms with E-state index in [0.717, 1.165) is 12.0 Å². The summed E-state index contributed by atoms with van der Waals surface area (Å²) < 4.78 is 40.2. The van der Waals surface area contributed by atoms with Gasteiger partial charge in [-0.25, -0.2) is 8.60 Å². The first kappa shape index (κ1) is 20.1. The quantitative estimate of drug-likeness (QED) is 0.483. The molecule has 2 atom stereocenters. The molecule has 0 saturated heterocycles. The lowest BCUT2D eigenvalue weighted by Crippen LogP contribution is -2.16. The van der Waals surface area contributed by atoms with Gasteiger partial charge >= 0.3 is 0 Å². The van der Waals surface area contributed by atoms with Crippen molar-refractivity contribution in [3.63, 3.8) is 0 Å². The third-order valence-corrected chi connectivity index (χ3v) is 5.52. The lowest BCUT2D eigenvalue weighted by Gasteiger charge is -2.28. The highest BCUT2D eigenvalue weighted by atomic mass is 32.2. The van der Waals surface area contributed by atoms with Crippen LogP contribution in [0.5, 0.6) is 5.75 Å². The van der Waals surface area contributed by atoms with E-state index in [4.69, 9.17) is 9.29 Å². The third kappa shape index (κ3) is 3.94. The third-order valence-electron chi connectivity index (χ3n) is 4.94. The molecule has 152 valence electrons. The Labute approximate surface area is 175 Å². The number of fused-ring (bicyclic) bond motifs is 1. The fourth-order valence-electron chi connectivity index (χ4n) is 3.51. The number of nitrogens with zero attached hydrogens (tertiary/aromatic N) is 1. The maximum atomic E-state index is 13.9. The van der Waals surface area contributed by atoms with Crippen LogP contribution in [0.4, 0.5) is 4.39 Å². The van der Waals surface area contributed by atoms with E-state index in [1.54, 1.807) is 30.5 Å². The van der Waals surface area contributed by atoms with Gasteiger partial charge in [0.15, 0.2) is 11.1 Å². The van der Waals surface area contributed by atoms with E-state index in [-0.39, 0.29) is 5.75 Å². The van der Waals surface area contributed by atoms with E-state index in [0.29, 0.717) is 39.3 Å². The molecule has 2 heterocycles. The molecule has 1 aliphatic rings. The Hall–Kier alpha value is -3.16. The van der Waals surface area contributed by atoms with E-state index in [1.807, 2.05) is 19.1 Å². The predicted octanol–water partition coefficient (Wildman–Crippen LogP) is 4.49. The molecule has 4 rings (SSSR count). The van der Waals surface area contributed by atoms with Crippen molar-refractivity contribution in [1.29, 1.82) is 0 Å². The van der Waals surface area contributed by atoms with Gasteiger partial charge in [-0.05, 0) is 36.8 Å². The zero-order valence-corrected chi connectivity index (χ0v) is 16.9. The summed E-state index contributed by atoms with van der Waals surface area (Å²) in [7, 11) is 0. The minimum atomic E-state index is -1.94. The molecule has 2 unspecified atom stereocenters. The van der Waals surface area contributed by atoms with Gasteiger partial charge in [-0.15, -0.1) is 0 Å². The summed E-state index contributed by atoms with van der Waals surface area (Å²) in [5.41, 5.74) is 3.96. The van der Waals surface area contributed by atoms with Crippen LogP contribution in [0.3, 0.4) is 0 Å². The minimum Gasteiger partial charge on any atom is -0.456 e. The number of hydrogen-bond donors (Lipinski definition) is 1. The summed E-state index contributed by atoms with van der Waals surface area (Å²) in [6, 6.07) is 14.8. The first-order chi connectivity index (χ1) is 14.5. The van der Waals surface area contributed by atoms with Crippen molar-refractivity contribution < 1.29 is 22.7 Å². The first-order valence-electron chi connectivity index (χ1n) is 9.23. The zero-order chi connectivity index (χ0) is 21.3. The normalized spacial score (nSPS) is 16.6. The standard InChI is InChI=1S/C23H18FNO4S/c1-14-2-5-17(11-25-14)22-20(12-26)19-10-18(24)8-9-21(19)29-23(22)16-6-3-15(4-7-16)13-30(27)28/h2-12,20H,13H2,1H3,(H,27,28). The molecule has 3 aromatic rings. The van der Waals surface area contributed by atoms with Crippen molar-refractivity contribution in [2.24, 2.45) is 0 Å². The second kappa shape index (κ2) is 8.30. The fourth-order valence-corrected chi connectivity index (χ4v) is 3.98. The molecule has 2 aromatic carbocycles. The van der Waals surface area contributed by atoms with Crippen LogP contribution < -0.4 is 4.74 Å². The van der Waals surface area contributed by atoms with Crippen LogP contribution >= 0.6 is 0 Å². The summed E-state index contributed by atoms with van der Waals surface area (Å²) in [4.78, 5) is 16.5. The van der Waals surface area contributed by atoms with Crippen LogP contribution in [0.25, 0.3) is 11.3 Å². The molecule has 0 amide bonds. The van der Waals surface area contributed by atoms with Crippen LogP contribution in [0.1, 0.15) is 33.9 Å². The van der Waals surface area contributed by atoms with Crippen LogP contribution in [-0.2, 0) is 21.6 Å². The Balaban J connectivity index is 1.90. The average molecular weight is 423 g/mol. The maximum absolute atomic E-state index is 13.9. The van der Waals surface area contributed by atoms with Crippen molar-refractivity contribution in [2.75, 3.05) is 0 Å². The maximum Gasteiger partial charge on any atom is 0.157 e. The molecular formula is C23H18FNO4S. The van der Waals surface area contributed by atoms with Crippen LogP contribution in [0.2, 0.25) is 0 Å². The van der Waals surface area contributed by atoms with E-state index in [9.17, 15) is 13.4 Å². The smallest absolute Gasteiger partial charge is 0.157 e. The monoisotopic (exact) mass is 423 g/mol. The Morgan fingerprint density at radius 3 is 2.50 bits per heavy atom. The van der Waals surface area contributed by atoms with Crippen molar-refractivity contribution in [3.8, 4) is 5.75 Å². The number of carbonyl (C=O) groups excluding carboxylic acids is 1. The molecule has 1 N–H and O–H groups in total. The number of aromatic nitrogens is 1. The van der Waals surface area contributed by atoms with Gasteiger partial charge in [0.05, 0.1) is 11.7 Å². The number of aryl methyl sites for hydroxylation is 1. The van der Waals surface area contributed by atoms with Crippen LogP contribution in [0.15, 0.2) is 60.8 Å². The van der Waals surface area contributed by atoms with Gasteiger partial charge in [-0.3, -0.25) is 4.98 Å². The number of ether oxygens (including phenoxy) is 1. The van der Waals surface area contributed by atoms with Crippen LogP contribution in [-0.4, -0.2) is 20.0 Å². The number of carbonyl (C=O) groups is 1. The minimum absolute atomic E-state index is 0.0218. The van der Waals surface area contributed by atoms with Gasteiger partial charge in [-0.2, -0.15) is 0 Å². The van der Waals surface area contributed by atoms with Gasteiger partial charge in [0.2, 0.25) is 0 Å². The Morgan fingerprint density at radius 2 is 1.87 bits per heavy atom. The number of halogens is 1. The van der Waals surface area contributed by atoms with E-state index in [1.165, 1.54) is 18.2 Å². The van der Waals surface area contributed by atoms with E-state index >= 15 is 0 Å². The van der Waals surface area contributed by atoms with Gasteiger partial charge in [0.1, 0.15) is 23.6 Å². The zero-order valence-electron chi connectivity index (χ0n) is 16.0. The molecule has 30 heavy (non-hydrogen) atoms. The molecule has 1 aliphatic heterocycles. The number of allylic oxidation sites excluding steroid dienone is 1. The highest BCUT2D eigenvalue weighted by Crippen LogP contribution is 2.46. The van der Waals surface area contributed by atoms with Gasteiger partial charge < -0.3 is 14.1 Å². The lowest BCUT2D eigenvalue weighted by atomic mass is 9.83. The van der Waals surface area contributed by atoms with E-state index in [2.05, 4.69) is 4.98 Å². The summed E-state index contributed by atoms with van der Waals surface area (Å²) in [5.74, 6) is -0.279. The summed E-state index contributed by atoms with van der Waals surface area (Å²) in [5, 5.41) is 0. The van der Waals surface area contributed by atoms with Crippen molar-refractivity contribution >= 4 is 28.7 Å². The molecule has 0 spiro atoms. The summed E-state index contributed by atoms with van der Waals surface area (Å²) in [6.45, 7) is 1.86. The molecular weight excluding hydrogens is 405 g/mol. The van der Waals surface area contributed by atoms with Crippen molar-refractivity contribution in [3.05, 3.63) is 94.6 Å². The SMILES string of the molecule is Cc1ccc(C2=C(c3ccc(CS(=O)O)cc3)Oc3ccc(F)cc3C2C=O)cn1. The summed E-state index contributed by atoms with van der Waals surface area (Å²) in [6.07, 6.45) is 2.44. The first-order valence-corrected chi connectivity index (χ1v) is 10.5. The van der Waals surface area contributed by atoms with Crippen molar-refractivity contribution in [2.45, 2.75) is 18.6 Å². The number of hydrogen-bond acceptors (Lipinski definition) is 4. The molecule has 0 aliphatic carbocycles. The van der Waals surface area contributed by atoms with Crippen molar-refractivity contribution in [1.82, 2.24) is 4.98 Å². The lowest BCUT2D eigenvalue weighted by molar-refractivity contribution is -0.108. The molecule has 7 heteroatoms.